The van der Waals surface area contributed by atoms with Crippen LogP contribution in [0.25, 0.3) is 0 Å². The first-order valence-electron chi connectivity index (χ1n) is 8.39. The van der Waals surface area contributed by atoms with Gasteiger partial charge in [0.05, 0.1) is 19.0 Å². The van der Waals surface area contributed by atoms with Gasteiger partial charge in [0.1, 0.15) is 11.5 Å². The van der Waals surface area contributed by atoms with Gasteiger partial charge in [-0.1, -0.05) is 6.07 Å². The minimum absolute atomic E-state index is 0.217. The highest BCUT2D eigenvalue weighted by Gasteiger charge is 2.08. The van der Waals surface area contributed by atoms with E-state index in [1.807, 2.05) is 19.1 Å². The normalized spacial score (nSPS) is 10.3. The number of hydrogen-bond acceptors (Lipinski definition) is 5. The van der Waals surface area contributed by atoms with Crippen LogP contribution >= 0.6 is 0 Å². The highest BCUT2D eigenvalue weighted by atomic mass is 16.5. The maximum Gasteiger partial charge on any atom is 0.255 e. The van der Waals surface area contributed by atoms with Crippen molar-refractivity contribution in [3.63, 3.8) is 0 Å². The average Bonchev–Trinajstić information content (AvgIpc) is 2.69. The van der Waals surface area contributed by atoms with E-state index in [2.05, 4.69) is 10.3 Å². The molecule has 1 N–H and O–H groups in total. The summed E-state index contributed by atoms with van der Waals surface area (Å²) in [6, 6.07) is 13.4. The number of anilines is 1. The van der Waals surface area contributed by atoms with Crippen molar-refractivity contribution in [2.24, 2.45) is 0 Å². The molecule has 0 aliphatic rings. The Morgan fingerprint density at radius 2 is 1.96 bits per heavy atom. The van der Waals surface area contributed by atoms with Gasteiger partial charge >= 0.3 is 0 Å². The number of hydrogen-bond donors (Lipinski definition) is 1. The monoisotopic (exact) mass is 365 g/mol. The molecule has 0 bridgehead atoms. The quantitative estimate of drug-likeness (QED) is 0.725. The second kappa shape index (κ2) is 8.18. The molecule has 0 fully saturated rings. The molecule has 3 rings (SSSR count). The number of aromatic nitrogens is 2. The Bertz CT molecular complexity index is 997. The van der Waals surface area contributed by atoms with Crippen LogP contribution in [0.2, 0.25) is 0 Å². The first-order valence-corrected chi connectivity index (χ1v) is 8.39. The van der Waals surface area contributed by atoms with Crippen LogP contribution in [0.4, 0.5) is 5.69 Å². The number of nitrogens with one attached hydrogen (secondary N) is 1. The lowest BCUT2D eigenvalue weighted by Crippen LogP contribution is -2.21. The van der Waals surface area contributed by atoms with Gasteiger partial charge in [-0.3, -0.25) is 9.59 Å². The number of nitrogens with zero attached hydrogens (tertiary/aromatic N) is 2. The topological polar surface area (TPSA) is 82.5 Å². The zero-order chi connectivity index (χ0) is 19.2. The number of methoxy groups -OCH3 is 1. The van der Waals surface area contributed by atoms with Gasteiger partial charge in [-0.05, 0) is 31.2 Å². The van der Waals surface area contributed by atoms with E-state index in [1.54, 1.807) is 43.6 Å². The third-order valence-corrected chi connectivity index (χ3v) is 3.86. The molecular weight excluding hydrogens is 346 g/mol. The van der Waals surface area contributed by atoms with Crippen molar-refractivity contribution < 1.29 is 14.3 Å². The van der Waals surface area contributed by atoms with Gasteiger partial charge in [0.2, 0.25) is 5.88 Å². The average molecular weight is 365 g/mol. The number of carbonyl (C=O) groups excluding carboxylic acids is 1. The zero-order valence-electron chi connectivity index (χ0n) is 15.0. The second-order valence-electron chi connectivity index (χ2n) is 5.66. The van der Waals surface area contributed by atoms with E-state index in [4.69, 9.17) is 9.47 Å². The highest BCUT2D eigenvalue weighted by molar-refractivity contribution is 6.04. The van der Waals surface area contributed by atoms with Crippen LogP contribution in [0.5, 0.6) is 17.4 Å². The number of rotatable bonds is 6. The summed E-state index contributed by atoms with van der Waals surface area (Å²) in [6.45, 7) is 2.42. The summed E-state index contributed by atoms with van der Waals surface area (Å²) < 4.78 is 12.3. The third-order valence-electron chi connectivity index (χ3n) is 3.86. The van der Waals surface area contributed by atoms with E-state index >= 15 is 0 Å². The molecule has 0 aliphatic carbocycles. The van der Waals surface area contributed by atoms with Crippen molar-refractivity contribution in [2.45, 2.75) is 13.5 Å². The Balaban J connectivity index is 1.67. The molecule has 0 atom stereocenters. The molecular formula is C20H19N3O4. The molecule has 7 nitrogen and oxygen atoms in total. The van der Waals surface area contributed by atoms with Gasteiger partial charge < -0.3 is 19.4 Å². The predicted octanol–water partition coefficient (Wildman–Crippen LogP) is 3.32. The fourth-order valence-corrected chi connectivity index (χ4v) is 2.41. The van der Waals surface area contributed by atoms with Crippen LogP contribution in [-0.4, -0.2) is 22.6 Å². The van der Waals surface area contributed by atoms with Crippen molar-refractivity contribution in [3.05, 3.63) is 76.8 Å². The van der Waals surface area contributed by atoms with Crippen molar-refractivity contribution in [1.29, 1.82) is 0 Å². The van der Waals surface area contributed by atoms with Crippen LogP contribution in [0.15, 0.2) is 65.7 Å². The number of benzene rings is 1. The van der Waals surface area contributed by atoms with Gasteiger partial charge in [0.25, 0.3) is 11.5 Å². The van der Waals surface area contributed by atoms with Crippen LogP contribution in [0, 0.1) is 0 Å². The van der Waals surface area contributed by atoms with Crippen molar-refractivity contribution in [1.82, 2.24) is 9.55 Å². The summed E-state index contributed by atoms with van der Waals surface area (Å²) in [4.78, 5) is 28.3. The molecule has 1 amide bonds. The predicted molar refractivity (Wildman–Crippen MR) is 102 cm³/mol. The number of pyridine rings is 2. The van der Waals surface area contributed by atoms with Gasteiger partial charge in [0.15, 0.2) is 0 Å². The molecule has 0 saturated carbocycles. The fraction of sp³-hybridized carbons (Fsp3) is 0.150. The summed E-state index contributed by atoms with van der Waals surface area (Å²) >= 11 is 0. The Morgan fingerprint density at radius 1 is 1.15 bits per heavy atom. The molecule has 0 saturated heterocycles. The Labute approximate surface area is 156 Å². The molecule has 0 spiro atoms. The molecule has 7 heteroatoms. The first kappa shape index (κ1) is 18.2. The number of ether oxygens (including phenoxy) is 2. The van der Waals surface area contributed by atoms with E-state index in [9.17, 15) is 9.59 Å². The summed E-state index contributed by atoms with van der Waals surface area (Å²) in [5.74, 6) is 1.28. The van der Waals surface area contributed by atoms with E-state index in [0.29, 0.717) is 35.2 Å². The smallest absolute Gasteiger partial charge is 0.255 e. The first-order chi connectivity index (χ1) is 13.1. The molecule has 3 aromatic rings. The molecule has 2 aromatic heterocycles. The zero-order valence-corrected chi connectivity index (χ0v) is 15.0. The summed E-state index contributed by atoms with van der Waals surface area (Å²) in [6.07, 6.45) is 3.08. The maximum absolute atomic E-state index is 12.3. The minimum atomic E-state index is -0.376. The molecule has 0 unspecified atom stereocenters. The lowest BCUT2D eigenvalue weighted by molar-refractivity contribution is 0.102. The fourth-order valence-electron chi connectivity index (χ4n) is 2.41. The minimum Gasteiger partial charge on any atom is -0.497 e. The van der Waals surface area contributed by atoms with Crippen LogP contribution < -0.4 is 20.3 Å². The van der Waals surface area contributed by atoms with Gasteiger partial charge in [0, 0.05) is 36.5 Å². The maximum atomic E-state index is 12.3. The van der Waals surface area contributed by atoms with Gasteiger partial charge in [-0.2, -0.15) is 0 Å². The third kappa shape index (κ3) is 4.52. The Kier molecular flexibility index (Phi) is 5.51. The van der Waals surface area contributed by atoms with E-state index < -0.39 is 0 Å². The van der Waals surface area contributed by atoms with E-state index in [1.165, 1.54) is 16.8 Å². The van der Waals surface area contributed by atoms with Crippen molar-refractivity contribution in [3.8, 4) is 17.4 Å². The second-order valence-corrected chi connectivity index (χ2v) is 5.66. The molecule has 138 valence electrons. The van der Waals surface area contributed by atoms with Gasteiger partial charge in [-0.25, -0.2) is 4.98 Å². The Morgan fingerprint density at radius 3 is 2.63 bits per heavy atom. The standard InChI is InChI=1S/C20H19N3O4/c1-3-23-10-9-14(11-19(23)24)20(25)22-15-7-8-18(21-13-15)27-17-6-4-5-16(12-17)26-2/h4-13H,3H2,1-2H3,(H,22,25). The summed E-state index contributed by atoms with van der Waals surface area (Å²) in [5, 5.41) is 2.71. The van der Waals surface area contributed by atoms with Crippen molar-refractivity contribution >= 4 is 11.6 Å². The van der Waals surface area contributed by atoms with E-state index in [0.717, 1.165) is 0 Å². The number of amides is 1. The number of aryl methyl sites for hydroxylation is 1. The summed E-state index contributed by atoms with van der Waals surface area (Å²) in [5.41, 5.74) is 0.574. The highest BCUT2D eigenvalue weighted by Crippen LogP contribution is 2.24. The summed E-state index contributed by atoms with van der Waals surface area (Å²) in [7, 11) is 1.58. The number of carbonyl (C=O) groups is 1. The lowest BCUT2D eigenvalue weighted by atomic mass is 10.2. The SMILES string of the molecule is CCn1ccc(C(=O)Nc2ccc(Oc3cccc(OC)c3)nc2)cc1=O. The van der Waals surface area contributed by atoms with Gasteiger partial charge in [-0.15, -0.1) is 0 Å². The Hall–Kier alpha value is -3.61. The van der Waals surface area contributed by atoms with Crippen LogP contribution in [0.3, 0.4) is 0 Å². The molecule has 27 heavy (non-hydrogen) atoms. The van der Waals surface area contributed by atoms with Crippen molar-refractivity contribution in [2.75, 3.05) is 12.4 Å². The van der Waals surface area contributed by atoms with Crippen LogP contribution in [-0.2, 0) is 6.54 Å². The lowest BCUT2D eigenvalue weighted by Gasteiger charge is -2.08. The van der Waals surface area contributed by atoms with E-state index in [-0.39, 0.29) is 11.5 Å². The largest absolute Gasteiger partial charge is 0.497 e. The molecule has 1 aromatic carbocycles. The molecule has 0 aliphatic heterocycles. The molecule has 2 heterocycles. The van der Waals surface area contributed by atoms with Crippen LogP contribution in [0.1, 0.15) is 17.3 Å². The molecule has 0 radical (unpaired) electrons.